The molecule has 3 rings (SSSR count). The van der Waals surface area contributed by atoms with Crippen LogP contribution in [0, 0.1) is 6.92 Å². The van der Waals surface area contributed by atoms with Crippen LogP contribution in [0.5, 0.6) is 0 Å². The van der Waals surface area contributed by atoms with Crippen molar-refractivity contribution in [3.8, 4) is 5.69 Å². The molecular weight excluding hydrogens is 302 g/mol. The summed E-state index contributed by atoms with van der Waals surface area (Å²) < 4.78 is 2.72. The second-order valence-corrected chi connectivity index (χ2v) is 5.86. The third-order valence-corrected chi connectivity index (χ3v) is 4.25. The van der Waals surface area contributed by atoms with Crippen molar-refractivity contribution >= 4 is 27.5 Å². The number of benzene rings is 1. The van der Waals surface area contributed by atoms with Crippen LogP contribution in [0.3, 0.4) is 0 Å². The number of nitrogens with zero attached hydrogens (tertiary/aromatic N) is 2. The number of carbonyl (C=O) groups excluding carboxylic acids is 1. The largest absolute Gasteiger partial charge is 0.368 e. The average Bonchev–Trinajstić information content (AvgIpc) is 2.95. The van der Waals surface area contributed by atoms with Gasteiger partial charge in [0.15, 0.2) is 0 Å². The van der Waals surface area contributed by atoms with Gasteiger partial charge in [-0.3, -0.25) is 14.2 Å². The summed E-state index contributed by atoms with van der Waals surface area (Å²) >= 11 is 1.23. The highest BCUT2D eigenvalue weighted by Crippen LogP contribution is 2.16. The zero-order valence-electron chi connectivity index (χ0n) is 11.8. The van der Waals surface area contributed by atoms with Gasteiger partial charge in [0, 0.05) is 0 Å². The molecule has 6 nitrogen and oxygen atoms in total. The van der Waals surface area contributed by atoms with Gasteiger partial charge < -0.3 is 5.73 Å². The van der Waals surface area contributed by atoms with Crippen LogP contribution in [0.2, 0.25) is 0 Å². The topological polar surface area (TPSA) is 87.1 Å². The van der Waals surface area contributed by atoms with Gasteiger partial charge in [-0.25, -0.2) is 9.36 Å². The average molecular weight is 315 g/mol. The van der Waals surface area contributed by atoms with E-state index in [4.69, 9.17) is 5.73 Å². The van der Waals surface area contributed by atoms with Crippen LogP contribution in [0.15, 0.2) is 45.3 Å². The minimum absolute atomic E-state index is 0.266. The molecular formula is C15H13N3O3S. The molecule has 7 heteroatoms. The van der Waals surface area contributed by atoms with Gasteiger partial charge in [0.05, 0.1) is 11.2 Å². The van der Waals surface area contributed by atoms with Gasteiger partial charge in [-0.1, -0.05) is 17.7 Å². The fraction of sp³-hybridized carbons (Fsp3) is 0.133. The summed E-state index contributed by atoms with van der Waals surface area (Å²) in [6.07, 6.45) is 0. The standard InChI is InChI=1S/C15H13N3O3S/c1-9-2-4-10(5-3-9)18-14(20)13-11(6-7-22-13)17(15(18)21)8-12(16)19/h2-7H,8H2,1H3,(H2,16,19). The highest BCUT2D eigenvalue weighted by molar-refractivity contribution is 7.17. The SMILES string of the molecule is Cc1ccc(-n2c(=O)c3sccc3n(CC(N)=O)c2=O)cc1. The van der Waals surface area contributed by atoms with Crippen molar-refractivity contribution in [3.63, 3.8) is 0 Å². The number of hydrogen-bond donors (Lipinski definition) is 1. The minimum Gasteiger partial charge on any atom is -0.368 e. The first kappa shape index (κ1) is 14.3. The number of amides is 1. The molecule has 0 unspecified atom stereocenters. The van der Waals surface area contributed by atoms with Crippen LogP contribution < -0.4 is 17.0 Å². The number of rotatable bonds is 3. The fourth-order valence-corrected chi connectivity index (χ4v) is 3.14. The number of aromatic nitrogens is 2. The summed E-state index contributed by atoms with van der Waals surface area (Å²) in [5.74, 6) is -0.635. The van der Waals surface area contributed by atoms with E-state index in [1.54, 1.807) is 23.6 Å². The molecule has 0 aliphatic heterocycles. The molecule has 2 aromatic heterocycles. The Hall–Kier alpha value is -2.67. The maximum Gasteiger partial charge on any atom is 0.336 e. The molecule has 1 amide bonds. The molecule has 0 aliphatic rings. The van der Waals surface area contributed by atoms with Gasteiger partial charge in [0.2, 0.25) is 5.91 Å². The third-order valence-electron chi connectivity index (χ3n) is 3.36. The first-order valence-corrected chi connectivity index (χ1v) is 7.45. The maximum absolute atomic E-state index is 12.6. The molecule has 0 saturated heterocycles. The third kappa shape index (κ3) is 2.25. The van der Waals surface area contributed by atoms with Crippen molar-refractivity contribution in [1.82, 2.24) is 9.13 Å². The zero-order chi connectivity index (χ0) is 15.9. The molecule has 0 spiro atoms. The summed E-state index contributed by atoms with van der Waals surface area (Å²) in [4.78, 5) is 36.5. The number of fused-ring (bicyclic) bond motifs is 1. The van der Waals surface area contributed by atoms with Crippen molar-refractivity contribution in [2.75, 3.05) is 0 Å². The molecule has 2 N–H and O–H groups in total. The Labute approximate surface area is 129 Å². The number of nitrogens with two attached hydrogens (primary N) is 1. The smallest absolute Gasteiger partial charge is 0.336 e. The first-order chi connectivity index (χ1) is 10.5. The quantitative estimate of drug-likeness (QED) is 0.782. The summed E-state index contributed by atoms with van der Waals surface area (Å²) in [6.45, 7) is 1.65. The van der Waals surface area contributed by atoms with Gasteiger partial charge >= 0.3 is 5.69 Å². The number of thiophene rings is 1. The Bertz CT molecular complexity index is 980. The van der Waals surface area contributed by atoms with E-state index in [0.717, 1.165) is 10.1 Å². The second-order valence-electron chi connectivity index (χ2n) is 4.95. The van der Waals surface area contributed by atoms with E-state index in [1.807, 2.05) is 19.1 Å². The summed E-state index contributed by atoms with van der Waals surface area (Å²) in [5.41, 5.74) is 6.18. The normalized spacial score (nSPS) is 11.0. The second kappa shape index (κ2) is 5.27. The van der Waals surface area contributed by atoms with Gasteiger partial charge in [-0.05, 0) is 30.5 Å². The Kier molecular flexibility index (Phi) is 3.42. The number of aryl methyl sites for hydroxylation is 1. The lowest BCUT2D eigenvalue weighted by molar-refractivity contribution is -0.118. The molecule has 0 bridgehead atoms. The Morgan fingerprint density at radius 1 is 1.18 bits per heavy atom. The van der Waals surface area contributed by atoms with Crippen molar-refractivity contribution in [2.45, 2.75) is 13.5 Å². The Balaban J connectivity index is 2.39. The van der Waals surface area contributed by atoms with E-state index >= 15 is 0 Å². The lowest BCUT2D eigenvalue weighted by Gasteiger charge is -2.11. The fourth-order valence-electron chi connectivity index (χ4n) is 2.32. The van der Waals surface area contributed by atoms with Gasteiger partial charge in [0.25, 0.3) is 5.56 Å². The summed E-state index contributed by atoms with van der Waals surface area (Å²) in [5, 5.41) is 1.71. The number of primary amides is 1. The van der Waals surface area contributed by atoms with Crippen LogP contribution >= 0.6 is 11.3 Å². The lowest BCUT2D eigenvalue weighted by Crippen LogP contribution is -2.40. The van der Waals surface area contributed by atoms with E-state index < -0.39 is 11.6 Å². The predicted octanol–water partition coefficient (Wildman–Crippen LogP) is 1.01. The zero-order valence-corrected chi connectivity index (χ0v) is 12.6. The van der Waals surface area contributed by atoms with Crippen LogP contribution in [-0.4, -0.2) is 15.0 Å². The maximum atomic E-state index is 12.6. The Morgan fingerprint density at radius 3 is 2.50 bits per heavy atom. The number of carbonyl (C=O) groups is 1. The molecule has 0 saturated carbocycles. The van der Waals surface area contributed by atoms with Crippen molar-refractivity contribution in [1.29, 1.82) is 0 Å². The Morgan fingerprint density at radius 2 is 1.86 bits per heavy atom. The monoisotopic (exact) mass is 315 g/mol. The molecule has 2 heterocycles. The predicted molar refractivity (Wildman–Crippen MR) is 85.6 cm³/mol. The molecule has 0 atom stereocenters. The molecule has 1 aromatic carbocycles. The minimum atomic E-state index is -0.635. The van der Waals surface area contributed by atoms with E-state index in [2.05, 4.69) is 0 Å². The highest BCUT2D eigenvalue weighted by atomic mass is 32.1. The first-order valence-electron chi connectivity index (χ1n) is 6.57. The molecule has 0 aliphatic carbocycles. The molecule has 112 valence electrons. The molecule has 0 radical (unpaired) electrons. The van der Waals surface area contributed by atoms with Crippen LogP contribution in [-0.2, 0) is 11.3 Å². The molecule has 3 aromatic rings. The van der Waals surface area contributed by atoms with Crippen LogP contribution in [0.4, 0.5) is 0 Å². The van der Waals surface area contributed by atoms with E-state index in [-0.39, 0.29) is 12.1 Å². The van der Waals surface area contributed by atoms with Crippen LogP contribution in [0.1, 0.15) is 5.56 Å². The van der Waals surface area contributed by atoms with Crippen molar-refractivity contribution in [3.05, 3.63) is 62.1 Å². The summed E-state index contributed by atoms with van der Waals surface area (Å²) in [7, 11) is 0. The number of hydrogen-bond acceptors (Lipinski definition) is 4. The van der Waals surface area contributed by atoms with E-state index in [1.165, 1.54) is 15.9 Å². The molecule has 22 heavy (non-hydrogen) atoms. The summed E-state index contributed by atoms with van der Waals surface area (Å²) in [6, 6.07) is 8.68. The lowest BCUT2D eigenvalue weighted by atomic mass is 10.2. The molecule has 0 fully saturated rings. The highest BCUT2D eigenvalue weighted by Gasteiger charge is 2.16. The van der Waals surface area contributed by atoms with Crippen LogP contribution in [0.25, 0.3) is 15.9 Å². The van der Waals surface area contributed by atoms with Gasteiger partial charge in [-0.15, -0.1) is 11.3 Å². The van der Waals surface area contributed by atoms with Gasteiger partial charge in [-0.2, -0.15) is 0 Å². The van der Waals surface area contributed by atoms with Crippen molar-refractivity contribution in [2.24, 2.45) is 5.73 Å². The van der Waals surface area contributed by atoms with Gasteiger partial charge in [0.1, 0.15) is 11.2 Å². The van der Waals surface area contributed by atoms with E-state index in [0.29, 0.717) is 15.9 Å². The van der Waals surface area contributed by atoms with E-state index in [9.17, 15) is 14.4 Å². The van der Waals surface area contributed by atoms with Crippen molar-refractivity contribution < 1.29 is 4.79 Å².